The Kier molecular flexibility index (Phi) is 4.87. The summed E-state index contributed by atoms with van der Waals surface area (Å²) in [6.45, 7) is 0. The molecule has 0 N–H and O–H groups in total. The summed E-state index contributed by atoms with van der Waals surface area (Å²) in [6.07, 6.45) is 0. The van der Waals surface area contributed by atoms with Crippen LogP contribution in [-0.2, 0) is 0 Å². The van der Waals surface area contributed by atoms with Crippen molar-refractivity contribution in [3.8, 4) is 34.5 Å². The standard InChI is InChI=1S/C20H18O4/c1-21-15-6-10-17(11-7-15)23-19-4-3-5-20(14-19)24-18-12-8-16(22-2)9-13-18/h3-14H,1-2H3. The van der Waals surface area contributed by atoms with Gasteiger partial charge in [-0.2, -0.15) is 0 Å². The van der Waals surface area contributed by atoms with E-state index < -0.39 is 0 Å². The number of hydrogen-bond acceptors (Lipinski definition) is 4. The molecule has 0 atom stereocenters. The Morgan fingerprint density at radius 1 is 0.458 bits per heavy atom. The Balaban J connectivity index is 1.70. The molecule has 4 heteroatoms. The summed E-state index contributed by atoms with van der Waals surface area (Å²) in [6, 6.07) is 22.3. The van der Waals surface area contributed by atoms with E-state index >= 15 is 0 Å². The normalized spacial score (nSPS) is 10.1. The van der Waals surface area contributed by atoms with Crippen LogP contribution in [-0.4, -0.2) is 14.2 Å². The Morgan fingerprint density at radius 2 is 0.833 bits per heavy atom. The van der Waals surface area contributed by atoms with E-state index in [2.05, 4.69) is 0 Å². The third-order valence-corrected chi connectivity index (χ3v) is 3.40. The molecule has 0 saturated carbocycles. The van der Waals surface area contributed by atoms with Crippen LogP contribution in [0.3, 0.4) is 0 Å². The third kappa shape index (κ3) is 3.98. The lowest BCUT2D eigenvalue weighted by atomic mass is 10.3. The molecule has 0 aromatic heterocycles. The molecule has 0 aliphatic carbocycles. The van der Waals surface area contributed by atoms with Gasteiger partial charge < -0.3 is 18.9 Å². The topological polar surface area (TPSA) is 36.9 Å². The molecule has 0 aliphatic heterocycles. The molecule has 0 aliphatic rings. The average Bonchev–Trinajstić information content (AvgIpc) is 2.63. The van der Waals surface area contributed by atoms with Crippen LogP contribution in [0, 0.1) is 0 Å². The zero-order chi connectivity index (χ0) is 16.8. The molecule has 0 radical (unpaired) electrons. The molecule has 0 saturated heterocycles. The van der Waals surface area contributed by atoms with Crippen molar-refractivity contribution in [3.05, 3.63) is 72.8 Å². The van der Waals surface area contributed by atoms with Crippen LogP contribution in [0.1, 0.15) is 0 Å². The molecule has 4 nitrogen and oxygen atoms in total. The lowest BCUT2D eigenvalue weighted by Gasteiger charge is -2.10. The van der Waals surface area contributed by atoms with Crippen molar-refractivity contribution < 1.29 is 18.9 Å². The number of rotatable bonds is 6. The molecule has 122 valence electrons. The van der Waals surface area contributed by atoms with Gasteiger partial charge in [0.15, 0.2) is 0 Å². The highest BCUT2D eigenvalue weighted by atomic mass is 16.5. The molecule has 0 spiro atoms. The van der Waals surface area contributed by atoms with E-state index in [0.717, 1.165) is 23.0 Å². The van der Waals surface area contributed by atoms with Crippen molar-refractivity contribution in [2.24, 2.45) is 0 Å². The first-order valence-electron chi connectivity index (χ1n) is 7.51. The van der Waals surface area contributed by atoms with Gasteiger partial charge in [0.05, 0.1) is 14.2 Å². The first-order valence-corrected chi connectivity index (χ1v) is 7.51. The van der Waals surface area contributed by atoms with E-state index in [1.807, 2.05) is 72.8 Å². The van der Waals surface area contributed by atoms with Gasteiger partial charge >= 0.3 is 0 Å². The summed E-state index contributed by atoms with van der Waals surface area (Å²) in [4.78, 5) is 0. The minimum absolute atomic E-state index is 0.700. The second-order valence-electron chi connectivity index (χ2n) is 5.03. The minimum Gasteiger partial charge on any atom is -0.497 e. The van der Waals surface area contributed by atoms with Crippen molar-refractivity contribution in [2.45, 2.75) is 0 Å². The molecule has 3 rings (SSSR count). The molecule has 0 unspecified atom stereocenters. The first-order chi connectivity index (χ1) is 11.8. The highest BCUT2D eigenvalue weighted by Gasteiger charge is 2.02. The van der Waals surface area contributed by atoms with Crippen LogP contribution in [0.15, 0.2) is 72.8 Å². The largest absolute Gasteiger partial charge is 0.497 e. The maximum atomic E-state index is 5.84. The second-order valence-corrected chi connectivity index (χ2v) is 5.03. The maximum Gasteiger partial charge on any atom is 0.131 e. The Bertz CT molecular complexity index is 715. The molecule has 0 amide bonds. The average molecular weight is 322 g/mol. The van der Waals surface area contributed by atoms with Gasteiger partial charge in [-0.15, -0.1) is 0 Å². The Hall–Kier alpha value is -3.14. The van der Waals surface area contributed by atoms with Crippen LogP contribution >= 0.6 is 0 Å². The van der Waals surface area contributed by atoms with Gasteiger partial charge in [0.1, 0.15) is 34.5 Å². The van der Waals surface area contributed by atoms with Gasteiger partial charge in [0, 0.05) is 6.07 Å². The van der Waals surface area contributed by atoms with Crippen molar-refractivity contribution in [1.29, 1.82) is 0 Å². The smallest absolute Gasteiger partial charge is 0.131 e. The van der Waals surface area contributed by atoms with E-state index in [0.29, 0.717) is 11.5 Å². The minimum atomic E-state index is 0.700. The van der Waals surface area contributed by atoms with Crippen LogP contribution in [0.5, 0.6) is 34.5 Å². The molecular formula is C20H18O4. The summed E-state index contributed by atoms with van der Waals surface area (Å²) in [5.41, 5.74) is 0. The van der Waals surface area contributed by atoms with E-state index in [1.165, 1.54) is 0 Å². The third-order valence-electron chi connectivity index (χ3n) is 3.40. The zero-order valence-electron chi connectivity index (χ0n) is 13.6. The molecule has 24 heavy (non-hydrogen) atoms. The zero-order valence-corrected chi connectivity index (χ0v) is 13.6. The predicted molar refractivity (Wildman–Crippen MR) is 92.6 cm³/mol. The highest BCUT2D eigenvalue weighted by molar-refractivity contribution is 5.41. The fraction of sp³-hybridized carbons (Fsp3) is 0.100. The van der Waals surface area contributed by atoms with Crippen molar-refractivity contribution in [2.75, 3.05) is 14.2 Å². The van der Waals surface area contributed by atoms with Crippen LogP contribution in [0.2, 0.25) is 0 Å². The number of hydrogen-bond donors (Lipinski definition) is 0. The van der Waals surface area contributed by atoms with Gasteiger partial charge in [-0.3, -0.25) is 0 Å². The Labute approximate surface area is 141 Å². The summed E-state index contributed by atoms with van der Waals surface area (Å²) in [5.74, 6) is 4.45. The second kappa shape index (κ2) is 7.42. The van der Waals surface area contributed by atoms with Crippen molar-refractivity contribution >= 4 is 0 Å². The summed E-state index contributed by atoms with van der Waals surface area (Å²) < 4.78 is 21.9. The monoisotopic (exact) mass is 322 g/mol. The fourth-order valence-electron chi connectivity index (χ4n) is 2.16. The lowest BCUT2D eigenvalue weighted by molar-refractivity contribution is 0.412. The Morgan fingerprint density at radius 3 is 1.21 bits per heavy atom. The summed E-state index contributed by atoms with van der Waals surface area (Å²) in [7, 11) is 3.27. The SMILES string of the molecule is COc1ccc(Oc2cccc(Oc3ccc(OC)cc3)c2)cc1. The van der Waals surface area contributed by atoms with Crippen LogP contribution in [0.25, 0.3) is 0 Å². The fourth-order valence-corrected chi connectivity index (χ4v) is 2.16. The summed E-state index contributed by atoms with van der Waals surface area (Å²) in [5, 5.41) is 0. The molecule has 0 heterocycles. The molecule has 0 bridgehead atoms. The van der Waals surface area contributed by atoms with Crippen molar-refractivity contribution in [1.82, 2.24) is 0 Å². The molecule has 3 aromatic carbocycles. The predicted octanol–water partition coefficient (Wildman–Crippen LogP) is 5.29. The van der Waals surface area contributed by atoms with Gasteiger partial charge in [0.25, 0.3) is 0 Å². The molecule has 0 fully saturated rings. The quantitative estimate of drug-likeness (QED) is 0.618. The van der Waals surface area contributed by atoms with E-state index in [9.17, 15) is 0 Å². The van der Waals surface area contributed by atoms with E-state index in [4.69, 9.17) is 18.9 Å². The highest BCUT2D eigenvalue weighted by Crippen LogP contribution is 2.29. The number of methoxy groups -OCH3 is 2. The van der Waals surface area contributed by atoms with Crippen LogP contribution < -0.4 is 18.9 Å². The van der Waals surface area contributed by atoms with Gasteiger partial charge in [0.2, 0.25) is 0 Å². The van der Waals surface area contributed by atoms with Gasteiger partial charge in [-0.1, -0.05) is 6.07 Å². The van der Waals surface area contributed by atoms with Gasteiger partial charge in [-0.25, -0.2) is 0 Å². The molecule has 3 aromatic rings. The number of ether oxygens (including phenoxy) is 4. The van der Waals surface area contributed by atoms with E-state index in [-0.39, 0.29) is 0 Å². The molecular weight excluding hydrogens is 304 g/mol. The van der Waals surface area contributed by atoms with Crippen LogP contribution in [0.4, 0.5) is 0 Å². The lowest BCUT2D eigenvalue weighted by Crippen LogP contribution is -1.88. The number of benzene rings is 3. The van der Waals surface area contributed by atoms with E-state index in [1.54, 1.807) is 14.2 Å². The summed E-state index contributed by atoms with van der Waals surface area (Å²) >= 11 is 0. The first kappa shape index (κ1) is 15.7. The van der Waals surface area contributed by atoms with Crippen molar-refractivity contribution in [3.63, 3.8) is 0 Å². The maximum absolute atomic E-state index is 5.84. The van der Waals surface area contributed by atoms with Gasteiger partial charge in [-0.05, 0) is 60.7 Å².